The number of fused-ring (bicyclic) bond motifs is 10. The van der Waals surface area contributed by atoms with E-state index in [-0.39, 0.29) is 23.0 Å². The molecule has 0 atom stereocenters. The van der Waals surface area contributed by atoms with Crippen LogP contribution >= 0.6 is 0 Å². The number of furan rings is 2. The van der Waals surface area contributed by atoms with E-state index in [0.717, 1.165) is 88.6 Å². The van der Waals surface area contributed by atoms with Crippen LogP contribution in [-0.2, 0) is 16.2 Å². The Hall–Kier alpha value is -8.54. The van der Waals surface area contributed by atoms with Crippen LogP contribution in [0.25, 0.3) is 77.3 Å². The lowest BCUT2D eigenvalue weighted by Gasteiger charge is -2.46. The van der Waals surface area contributed by atoms with Crippen LogP contribution in [0.4, 0.5) is 34.1 Å². The van der Waals surface area contributed by atoms with Crippen LogP contribution in [0, 0.1) is 0 Å². The fourth-order valence-electron chi connectivity index (χ4n) is 12.4. The normalized spacial score (nSPS) is 13.4. The van der Waals surface area contributed by atoms with E-state index in [1.807, 2.05) is 12.1 Å². The lowest BCUT2D eigenvalue weighted by atomic mass is 9.33. The molecule has 0 radical (unpaired) electrons. The lowest BCUT2D eigenvalue weighted by Crippen LogP contribution is -2.61. The summed E-state index contributed by atoms with van der Waals surface area (Å²) in [6, 6.07) is 76.6. The quantitative estimate of drug-likeness (QED) is 0.161. The molecule has 0 spiro atoms. The Kier molecular flexibility index (Phi) is 10.4. The van der Waals surface area contributed by atoms with Gasteiger partial charge in [0.1, 0.15) is 22.3 Å². The summed E-state index contributed by atoms with van der Waals surface area (Å²) in [5, 5.41) is 4.52. The molecule has 0 amide bonds. The van der Waals surface area contributed by atoms with Gasteiger partial charge in [-0.1, -0.05) is 208 Å². The van der Waals surface area contributed by atoms with Crippen LogP contribution in [0.15, 0.2) is 215 Å². The summed E-state index contributed by atoms with van der Waals surface area (Å²) in [5.74, 6) is 0. The fraction of sp³-hybridized carbons (Fsp3) is 0.167. The number of benzene rings is 10. The van der Waals surface area contributed by atoms with E-state index in [1.54, 1.807) is 0 Å². The Balaban J connectivity index is 1.03. The van der Waals surface area contributed by atoms with Gasteiger partial charge in [0.05, 0.1) is 5.69 Å². The Morgan fingerprint density at radius 3 is 1.34 bits per heavy atom. The van der Waals surface area contributed by atoms with Gasteiger partial charge in [-0.25, -0.2) is 0 Å². The van der Waals surface area contributed by atoms with Crippen molar-refractivity contribution in [1.29, 1.82) is 0 Å². The molecular weight excluding hydrogens is 936 g/mol. The van der Waals surface area contributed by atoms with Gasteiger partial charge in [0.2, 0.25) is 0 Å². The molecule has 2 aliphatic heterocycles. The molecule has 0 saturated heterocycles. The highest BCUT2D eigenvalue weighted by Crippen LogP contribution is 2.50. The molecule has 0 fully saturated rings. The first kappa shape index (κ1) is 47.0. The molecule has 2 aromatic heterocycles. The molecule has 14 rings (SSSR count). The first-order valence-corrected chi connectivity index (χ1v) is 27.3. The van der Waals surface area contributed by atoms with Gasteiger partial charge in [0.25, 0.3) is 6.71 Å². The Labute approximate surface area is 452 Å². The maximum Gasteiger partial charge on any atom is 0.252 e. The summed E-state index contributed by atoms with van der Waals surface area (Å²) < 4.78 is 13.3. The molecule has 0 saturated carbocycles. The highest BCUT2D eigenvalue weighted by atomic mass is 16.3. The third-order valence-corrected chi connectivity index (χ3v) is 16.5. The van der Waals surface area contributed by atoms with Gasteiger partial charge in [-0.15, -0.1) is 0 Å². The number of rotatable bonds is 5. The summed E-state index contributed by atoms with van der Waals surface area (Å²) in [6.07, 6.45) is 0. The van der Waals surface area contributed by atoms with E-state index in [2.05, 4.69) is 266 Å². The van der Waals surface area contributed by atoms with Crippen LogP contribution in [0.3, 0.4) is 0 Å². The second-order valence-electron chi connectivity index (χ2n) is 24.5. The van der Waals surface area contributed by atoms with E-state index < -0.39 is 0 Å². The zero-order valence-corrected chi connectivity index (χ0v) is 45.4. The lowest BCUT2D eigenvalue weighted by molar-refractivity contribution is 0.590. The van der Waals surface area contributed by atoms with Gasteiger partial charge in [0.15, 0.2) is 0 Å². The van der Waals surface area contributed by atoms with Crippen molar-refractivity contribution in [2.75, 3.05) is 9.80 Å². The van der Waals surface area contributed by atoms with Crippen molar-refractivity contribution in [3.05, 3.63) is 223 Å². The largest absolute Gasteiger partial charge is 0.455 e. The molecule has 0 unspecified atom stereocenters. The first-order chi connectivity index (χ1) is 37.1. The van der Waals surface area contributed by atoms with Crippen molar-refractivity contribution in [1.82, 2.24) is 0 Å². The molecule has 4 heterocycles. The second-order valence-corrected chi connectivity index (χ2v) is 24.5. The SMILES string of the molecule is CC(C)(C)c1ccc2c(c1)B1c3cc(C(C)(C)C)ccc3N(c3ccc(-c4cccc5c4oc4ccccc45)cc3-c3ccccc3)c3cc(C(C)(C)C)cc(c31)N2c1ccc(-c2cccc3c2oc2ccccc23)cc1. The van der Waals surface area contributed by atoms with E-state index in [9.17, 15) is 0 Å². The molecule has 0 N–H and O–H groups in total. The number of para-hydroxylation sites is 4. The van der Waals surface area contributed by atoms with E-state index in [0.29, 0.717) is 0 Å². The van der Waals surface area contributed by atoms with Gasteiger partial charge >= 0.3 is 0 Å². The summed E-state index contributed by atoms with van der Waals surface area (Å²) in [6.45, 7) is 21.0. The van der Waals surface area contributed by atoms with Crippen LogP contribution in [0.2, 0.25) is 0 Å². The molecule has 77 heavy (non-hydrogen) atoms. The summed E-state index contributed by atoms with van der Waals surface area (Å²) >= 11 is 0. The molecule has 2 aliphatic rings. The van der Waals surface area contributed by atoms with E-state index in [4.69, 9.17) is 8.83 Å². The average Bonchev–Trinajstić information content (AvgIpc) is 4.17. The Bertz CT molecular complexity index is 4350. The van der Waals surface area contributed by atoms with Gasteiger partial charge in [-0.05, 0) is 127 Å². The predicted molar refractivity (Wildman–Crippen MR) is 327 cm³/mol. The van der Waals surface area contributed by atoms with Crippen molar-refractivity contribution in [2.45, 2.75) is 78.6 Å². The summed E-state index contributed by atoms with van der Waals surface area (Å²) in [4.78, 5) is 5.16. The highest BCUT2D eigenvalue weighted by molar-refractivity contribution is 7.00. The number of hydrogen-bond acceptors (Lipinski definition) is 4. The highest BCUT2D eigenvalue weighted by Gasteiger charge is 2.45. The smallest absolute Gasteiger partial charge is 0.252 e. The van der Waals surface area contributed by atoms with Gasteiger partial charge in [-0.2, -0.15) is 0 Å². The molecule has 10 aromatic carbocycles. The third kappa shape index (κ3) is 7.49. The minimum atomic E-state index is -0.183. The van der Waals surface area contributed by atoms with Crippen molar-refractivity contribution >= 4 is 101 Å². The number of hydrogen-bond donors (Lipinski definition) is 0. The molecule has 5 heteroatoms. The van der Waals surface area contributed by atoms with Crippen LogP contribution in [0.5, 0.6) is 0 Å². The molecule has 374 valence electrons. The van der Waals surface area contributed by atoms with Gasteiger partial charge in [-0.3, -0.25) is 0 Å². The Morgan fingerprint density at radius 1 is 0.325 bits per heavy atom. The zero-order chi connectivity index (χ0) is 52.7. The van der Waals surface area contributed by atoms with Crippen LogP contribution < -0.4 is 26.2 Å². The Morgan fingerprint density at radius 2 is 0.779 bits per heavy atom. The van der Waals surface area contributed by atoms with Crippen LogP contribution in [-0.4, -0.2) is 6.71 Å². The molecule has 0 bridgehead atoms. The number of nitrogens with zero attached hydrogens (tertiary/aromatic N) is 2. The van der Waals surface area contributed by atoms with Crippen molar-refractivity contribution in [3.63, 3.8) is 0 Å². The predicted octanol–water partition coefficient (Wildman–Crippen LogP) is 18.5. The van der Waals surface area contributed by atoms with E-state index in [1.165, 1.54) is 55.8 Å². The van der Waals surface area contributed by atoms with Gasteiger partial charge < -0.3 is 18.6 Å². The molecule has 4 nitrogen and oxygen atoms in total. The second kappa shape index (κ2) is 17.0. The summed E-state index contributed by atoms with van der Waals surface area (Å²) in [5.41, 5.74) is 24.8. The van der Waals surface area contributed by atoms with Crippen molar-refractivity contribution in [3.8, 4) is 33.4 Å². The maximum absolute atomic E-state index is 6.69. The minimum absolute atomic E-state index is 0.0498. The van der Waals surface area contributed by atoms with Crippen LogP contribution in [0.1, 0.15) is 79.0 Å². The fourth-order valence-corrected chi connectivity index (χ4v) is 12.4. The number of anilines is 6. The monoisotopic (exact) mass is 996 g/mol. The average molecular weight is 997 g/mol. The maximum atomic E-state index is 6.69. The van der Waals surface area contributed by atoms with Gasteiger partial charge in [0, 0.05) is 66.7 Å². The molecule has 12 aromatic rings. The minimum Gasteiger partial charge on any atom is -0.455 e. The standard InChI is InChI=1S/C72H61BN2O2/c1-70(2,3)47-32-37-61-58(40-47)73-59-41-48(71(4,5)6)33-38-62(59)75(60-36-31-46(39-57(60)44-19-11-10-12-20-44)52-24-18-26-56-54-22-14-16-28-66(54)77-69(52)56)64-43-49(72(7,8)9)42-63(67(64)73)74(61)50-34-29-45(30-35-50)51-23-17-25-55-53-21-13-15-27-65(53)76-68(51)55/h10-43H,1-9H3. The zero-order valence-electron chi connectivity index (χ0n) is 45.4. The topological polar surface area (TPSA) is 32.8 Å². The third-order valence-electron chi connectivity index (χ3n) is 16.5. The van der Waals surface area contributed by atoms with Crippen molar-refractivity contribution < 1.29 is 8.83 Å². The molecular formula is C72H61BN2O2. The first-order valence-electron chi connectivity index (χ1n) is 27.3. The summed E-state index contributed by atoms with van der Waals surface area (Å²) in [7, 11) is 0. The van der Waals surface area contributed by atoms with E-state index >= 15 is 0 Å². The van der Waals surface area contributed by atoms with Crippen molar-refractivity contribution in [2.24, 2.45) is 0 Å². The molecule has 0 aliphatic carbocycles.